The minimum Gasteiger partial charge on any atom is -0.493 e. The van der Waals surface area contributed by atoms with Gasteiger partial charge >= 0.3 is 5.97 Å². The summed E-state index contributed by atoms with van der Waals surface area (Å²) in [4.78, 5) is 13.6. The van der Waals surface area contributed by atoms with E-state index in [0.29, 0.717) is 23.7 Å². The maximum atomic E-state index is 11.6. The SMILES string of the molecule is COc1cc(/C=C(\C(=O)O)c2ccccc2)ccc1OCCN(C)C. The Labute approximate surface area is 148 Å². The summed E-state index contributed by atoms with van der Waals surface area (Å²) in [5.74, 6) is 0.236. The first-order valence-electron chi connectivity index (χ1n) is 7.97. The Morgan fingerprint density at radius 3 is 2.44 bits per heavy atom. The predicted molar refractivity (Wildman–Crippen MR) is 99.0 cm³/mol. The molecule has 5 heteroatoms. The van der Waals surface area contributed by atoms with Crippen LogP contribution in [0.3, 0.4) is 0 Å². The number of benzene rings is 2. The highest BCUT2D eigenvalue weighted by atomic mass is 16.5. The lowest BCUT2D eigenvalue weighted by Gasteiger charge is -2.14. The van der Waals surface area contributed by atoms with Crippen LogP contribution in [0.25, 0.3) is 11.6 Å². The highest BCUT2D eigenvalue weighted by molar-refractivity contribution is 6.20. The van der Waals surface area contributed by atoms with E-state index >= 15 is 0 Å². The highest BCUT2D eigenvalue weighted by Gasteiger charge is 2.11. The molecule has 0 aliphatic carbocycles. The molecule has 1 N–H and O–H groups in total. The largest absolute Gasteiger partial charge is 0.493 e. The molecule has 2 rings (SSSR count). The van der Waals surface area contributed by atoms with E-state index in [0.717, 1.165) is 12.1 Å². The molecule has 0 aliphatic rings. The van der Waals surface area contributed by atoms with Crippen LogP contribution >= 0.6 is 0 Å². The Morgan fingerprint density at radius 2 is 1.84 bits per heavy atom. The number of aliphatic carboxylic acids is 1. The lowest BCUT2D eigenvalue weighted by atomic mass is 10.0. The summed E-state index contributed by atoms with van der Waals surface area (Å²) in [6, 6.07) is 14.4. The topological polar surface area (TPSA) is 59.0 Å². The monoisotopic (exact) mass is 341 g/mol. The van der Waals surface area contributed by atoms with Gasteiger partial charge in [-0.1, -0.05) is 36.4 Å². The predicted octanol–water partition coefficient (Wildman–Crippen LogP) is 3.26. The smallest absolute Gasteiger partial charge is 0.336 e. The molecule has 0 saturated heterocycles. The molecule has 0 unspecified atom stereocenters. The van der Waals surface area contributed by atoms with Crippen molar-refractivity contribution in [2.24, 2.45) is 0 Å². The summed E-state index contributed by atoms with van der Waals surface area (Å²) in [5.41, 5.74) is 1.61. The number of carbonyl (C=O) groups is 1. The highest BCUT2D eigenvalue weighted by Crippen LogP contribution is 2.30. The van der Waals surface area contributed by atoms with Crippen molar-refractivity contribution in [3.05, 3.63) is 59.7 Å². The maximum Gasteiger partial charge on any atom is 0.336 e. The van der Waals surface area contributed by atoms with Crippen LogP contribution < -0.4 is 9.47 Å². The van der Waals surface area contributed by atoms with Crippen LogP contribution in [-0.2, 0) is 4.79 Å². The molecule has 0 saturated carbocycles. The average molecular weight is 341 g/mol. The Kier molecular flexibility index (Phi) is 6.60. The Morgan fingerprint density at radius 1 is 1.12 bits per heavy atom. The first kappa shape index (κ1) is 18.5. The molecular weight excluding hydrogens is 318 g/mol. The number of likely N-dealkylation sites (N-methyl/N-ethyl adjacent to an activating group) is 1. The van der Waals surface area contributed by atoms with Crippen LogP contribution in [0.4, 0.5) is 0 Å². The molecule has 0 radical (unpaired) electrons. The molecule has 0 aromatic heterocycles. The number of methoxy groups -OCH3 is 1. The van der Waals surface area contributed by atoms with Crippen LogP contribution in [0.1, 0.15) is 11.1 Å². The van der Waals surface area contributed by atoms with Crippen molar-refractivity contribution >= 4 is 17.6 Å². The van der Waals surface area contributed by atoms with Gasteiger partial charge < -0.3 is 19.5 Å². The zero-order valence-electron chi connectivity index (χ0n) is 14.7. The normalized spacial score (nSPS) is 11.4. The van der Waals surface area contributed by atoms with Crippen LogP contribution in [0.15, 0.2) is 48.5 Å². The zero-order valence-corrected chi connectivity index (χ0v) is 14.7. The van der Waals surface area contributed by atoms with Crippen molar-refractivity contribution in [2.75, 3.05) is 34.4 Å². The molecular formula is C20H23NO4. The number of hydrogen-bond acceptors (Lipinski definition) is 4. The van der Waals surface area contributed by atoms with Crippen LogP contribution in [0.5, 0.6) is 11.5 Å². The van der Waals surface area contributed by atoms with Gasteiger partial charge in [0.2, 0.25) is 0 Å². The van der Waals surface area contributed by atoms with Crippen molar-refractivity contribution in [2.45, 2.75) is 0 Å². The van der Waals surface area contributed by atoms with Gasteiger partial charge in [0.15, 0.2) is 11.5 Å². The Balaban J connectivity index is 2.28. The summed E-state index contributed by atoms with van der Waals surface area (Å²) in [6.07, 6.45) is 1.63. The third kappa shape index (κ3) is 5.36. The van der Waals surface area contributed by atoms with Gasteiger partial charge in [-0.3, -0.25) is 0 Å². The fourth-order valence-corrected chi connectivity index (χ4v) is 2.28. The second-order valence-corrected chi connectivity index (χ2v) is 5.79. The van der Waals surface area contributed by atoms with Crippen molar-refractivity contribution in [1.82, 2.24) is 4.90 Å². The van der Waals surface area contributed by atoms with E-state index in [1.807, 2.05) is 43.3 Å². The van der Waals surface area contributed by atoms with E-state index in [9.17, 15) is 9.90 Å². The summed E-state index contributed by atoms with van der Waals surface area (Å²) in [7, 11) is 5.52. The molecule has 5 nitrogen and oxygen atoms in total. The number of rotatable bonds is 8. The van der Waals surface area contributed by atoms with E-state index in [1.165, 1.54) is 0 Å². The summed E-state index contributed by atoms with van der Waals surface area (Å²) < 4.78 is 11.1. The second kappa shape index (κ2) is 8.89. The maximum absolute atomic E-state index is 11.6. The van der Waals surface area contributed by atoms with Gasteiger partial charge in [0, 0.05) is 6.54 Å². The quantitative estimate of drug-likeness (QED) is 0.590. The number of carboxylic acids is 1. The molecule has 0 spiro atoms. The molecule has 0 amide bonds. The molecule has 0 aliphatic heterocycles. The molecule has 0 atom stereocenters. The summed E-state index contributed by atoms with van der Waals surface area (Å²) >= 11 is 0. The van der Waals surface area contributed by atoms with E-state index < -0.39 is 5.97 Å². The fraction of sp³-hybridized carbons (Fsp3) is 0.250. The van der Waals surface area contributed by atoms with Gasteiger partial charge in [0.1, 0.15) is 6.61 Å². The molecule has 25 heavy (non-hydrogen) atoms. The second-order valence-electron chi connectivity index (χ2n) is 5.79. The van der Waals surface area contributed by atoms with E-state index in [-0.39, 0.29) is 5.57 Å². The van der Waals surface area contributed by atoms with Crippen molar-refractivity contribution < 1.29 is 19.4 Å². The van der Waals surface area contributed by atoms with Crippen molar-refractivity contribution in [3.63, 3.8) is 0 Å². The van der Waals surface area contributed by atoms with Gasteiger partial charge in [0.05, 0.1) is 12.7 Å². The van der Waals surface area contributed by atoms with Crippen LogP contribution in [-0.4, -0.2) is 50.3 Å². The summed E-state index contributed by atoms with van der Waals surface area (Å²) in [5, 5.41) is 9.51. The number of carboxylic acid groups (broad SMARTS) is 1. The standard InChI is InChI=1S/C20H23NO4/c1-21(2)11-12-25-18-10-9-15(14-19(18)24-3)13-17(20(22)23)16-7-5-4-6-8-16/h4-10,13-14H,11-12H2,1-3H3,(H,22,23)/b17-13-. The fourth-order valence-electron chi connectivity index (χ4n) is 2.28. The molecule has 0 bridgehead atoms. The lowest BCUT2D eigenvalue weighted by Crippen LogP contribution is -2.19. The van der Waals surface area contributed by atoms with E-state index in [1.54, 1.807) is 37.5 Å². The average Bonchev–Trinajstić information content (AvgIpc) is 2.60. The van der Waals surface area contributed by atoms with E-state index in [4.69, 9.17) is 9.47 Å². The van der Waals surface area contributed by atoms with Crippen LogP contribution in [0, 0.1) is 0 Å². The van der Waals surface area contributed by atoms with Gasteiger partial charge in [0.25, 0.3) is 0 Å². The number of hydrogen-bond donors (Lipinski definition) is 1. The minimum absolute atomic E-state index is 0.226. The first-order chi connectivity index (χ1) is 12.0. The lowest BCUT2D eigenvalue weighted by molar-refractivity contribution is -0.130. The van der Waals surface area contributed by atoms with Gasteiger partial charge in [-0.2, -0.15) is 0 Å². The van der Waals surface area contributed by atoms with Crippen molar-refractivity contribution in [1.29, 1.82) is 0 Å². The zero-order chi connectivity index (χ0) is 18.2. The third-order valence-electron chi connectivity index (χ3n) is 3.61. The first-order valence-corrected chi connectivity index (χ1v) is 7.97. The molecule has 0 heterocycles. The molecule has 132 valence electrons. The molecule has 2 aromatic carbocycles. The van der Waals surface area contributed by atoms with Crippen LogP contribution in [0.2, 0.25) is 0 Å². The van der Waals surface area contributed by atoms with Gasteiger partial charge in [-0.25, -0.2) is 4.79 Å². The number of ether oxygens (including phenoxy) is 2. The Hall–Kier alpha value is -2.79. The van der Waals surface area contributed by atoms with Gasteiger partial charge in [-0.05, 0) is 43.4 Å². The Bertz CT molecular complexity index is 739. The summed E-state index contributed by atoms with van der Waals surface area (Å²) in [6.45, 7) is 1.34. The minimum atomic E-state index is -0.975. The van der Waals surface area contributed by atoms with Crippen molar-refractivity contribution in [3.8, 4) is 11.5 Å². The van der Waals surface area contributed by atoms with E-state index in [2.05, 4.69) is 0 Å². The number of nitrogens with zero attached hydrogens (tertiary/aromatic N) is 1. The third-order valence-corrected chi connectivity index (χ3v) is 3.61. The molecule has 2 aromatic rings. The molecule has 0 fully saturated rings. The van der Waals surface area contributed by atoms with Gasteiger partial charge in [-0.15, -0.1) is 0 Å².